The molecule has 4 heterocycles. The maximum absolute atomic E-state index is 5.59. The molecule has 1 saturated heterocycles. The van der Waals surface area contributed by atoms with Crippen LogP contribution in [-0.2, 0) is 19.3 Å². The van der Waals surface area contributed by atoms with Crippen LogP contribution < -0.4 is 9.47 Å². The third kappa shape index (κ3) is 5.33. The zero-order valence-corrected chi connectivity index (χ0v) is 21.3. The Morgan fingerprint density at radius 1 is 0.912 bits per heavy atom. The number of H-pyrrole nitrogens is 1. The Kier molecular flexibility index (Phi) is 8.30. The van der Waals surface area contributed by atoms with Gasteiger partial charge in [0.15, 0.2) is 11.5 Å². The summed E-state index contributed by atoms with van der Waals surface area (Å²) in [6.45, 7) is 7.64. The van der Waals surface area contributed by atoms with E-state index >= 15 is 0 Å². The topological polar surface area (TPSA) is 40.7 Å². The van der Waals surface area contributed by atoms with E-state index in [4.69, 9.17) is 9.47 Å². The second-order valence-electron chi connectivity index (χ2n) is 9.69. The van der Waals surface area contributed by atoms with Crippen LogP contribution in [0.15, 0.2) is 42.6 Å². The minimum atomic E-state index is 0. The molecule has 1 unspecified atom stereocenters. The van der Waals surface area contributed by atoms with E-state index in [0.717, 1.165) is 49.8 Å². The van der Waals surface area contributed by atoms with E-state index in [0.29, 0.717) is 6.79 Å². The van der Waals surface area contributed by atoms with Gasteiger partial charge in [-0.25, -0.2) is 0 Å². The Morgan fingerprint density at radius 3 is 2.41 bits per heavy atom. The summed E-state index contributed by atoms with van der Waals surface area (Å²) in [6, 6.07) is 13.1. The molecule has 2 aromatic carbocycles. The van der Waals surface area contributed by atoms with Crippen molar-refractivity contribution in [3.05, 3.63) is 59.3 Å². The largest absolute Gasteiger partial charge is 0.454 e. The number of nitrogens with one attached hydrogen (secondary N) is 1. The maximum Gasteiger partial charge on any atom is 0.231 e. The van der Waals surface area contributed by atoms with Crippen LogP contribution in [0.1, 0.15) is 29.5 Å². The summed E-state index contributed by atoms with van der Waals surface area (Å²) in [4.78, 5) is 8.78. The highest BCUT2D eigenvalue weighted by molar-refractivity contribution is 5.85. The molecule has 0 saturated carbocycles. The van der Waals surface area contributed by atoms with Crippen molar-refractivity contribution in [3.63, 3.8) is 0 Å². The number of halogens is 2. The predicted octanol–water partition coefficient (Wildman–Crippen LogP) is 5.10. The van der Waals surface area contributed by atoms with Crippen molar-refractivity contribution in [2.45, 2.75) is 32.1 Å². The molecule has 3 aliphatic heterocycles. The maximum atomic E-state index is 5.59. The van der Waals surface area contributed by atoms with Crippen molar-refractivity contribution in [2.75, 3.05) is 46.1 Å². The number of likely N-dealkylation sites (tertiary alicyclic amines) is 1. The normalized spacial score (nSPS) is 19.9. The average Bonchev–Trinajstić information content (AvgIpc) is 3.52. The molecule has 1 aromatic heterocycles. The van der Waals surface area contributed by atoms with Crippen LogP contribution in [0, 0.1) is 5.92 Å². The summed E-state index contributed by atoms with van der Waals surface area (Å²) in [5, 5.41) is 1.39. The molecule has 1 atom stereocenters. The highest BCUT2D eigenvalue weighted by Gasteiger charge is 2.26. The van der Waals surface area contributed by atoms with E-state index in [9.17, 15) is 0 Å². The highest BCUT2D eigenvalue weighted by atomic mass is 35.5. The molecule has 3 aromatic rings. The Morgan fingerprint density at radius 2 is 1.65 bits per heavy atom. The second kappa shape index (κ2) is 11.2. The van der Waals surface area contributed by atoms with Crippen molar-refractivity contribution < 1.29 is 9.47 Å². The lowest BCUT2D eigenvalue weighted by Gasteiger charge is -2.24. The number of nitrogens with zero attached hydrogens (tertiary/aromatic N) is 2. The van der Waals surface area contributed by atoms with Gasteiger partial charge in [-0.15, -0.1) is 24.8 Å². The molecule has 1 N–H and O–H groups in total. The molecule has 0 aliphatic carbocycles. The molecule has 34 heavy (non-hydrogen) atoms. The number of hydrogen-bond donors (Lipinski definition) is 1. The van der Waals surface area contributed by atoms with Gasteiger partial charge in [0.1, 0.15) is 0 Å². The van der Waals surface area contributed by atoms with Gasteiger partial charge in [-0.3, -0.25) is 0 Å². The molecule has 184 valence electrons. The quantitative estimate of drug-likeness (QED) is 0.508. The fourth-order valence-corrected chi connectivity index (χ4v) is 5.80. The molecule has 6 rings (SSSR count). The van der Waals surface area contributed by atoms with Crippen LogP contribution in [0.2, 0.25) is 0 Å². The van der Waals surface area contributed by atoms with Crippen molar-refractivity contribution in [1.82, 2.24) is 14.8 Å². The first-order valence-electron chi connectivity index (χ1n) is 12.2. The molecule has 3 aliphatic rings. The van der Waals surface area contributed by atoms with Gasteiger partial charge in [0.05, 0.1) is 0 Å². The van der Waals surface area contributed by atoms with Crippen LogP contribution in [0.4, 0.5) is 0 Å². The summed E-state index contributed by atoms with van der Waals surface area (Å²) < 4.78 is 11.2. The molecule has 5 nitrogen and oxygen atoms in total. The van der Waals surface area contributed by atoms with Crippen molar-refractivity contribution >= 4 is 35.7 Å². The zero-order chi connectivity index (χ0) is 21.3. The lowest BCUT2D eigenvalue weighted by atomic mass is 10.0. The standard InChI is InChI=1S/C27H33N3O2.2ClH/c1-2-6-25-24(5-1)23(16-28-25)4-3-10-29-11-7-20(17-29)18-30-12-8-21-14-26-27(32-19-31-26)15-22(21)9-13-30;;/h1-2,5-6,14-16,20,28H,3-4,7-13,17-19H2;2*1H. The van der Waals surface area contributed by atoms with Crippen LogP contribution in [0.3, 0.4) is 0 Å². The fourth-order valence-electron chi connectivity index (χ4n) is 5.80. The highest BCUT2D eigenvalue weighted by Crippen LogP contribution is 2.36. The number of para-hydroxylation sites is 1. The summed E-state index contributed by atoms with van der Waals surface area (Å²) >= 11 is 0. The fraction of sp³-hybridized carbons (Fsp3) is 0.481. The first kappa shape index (κ1) is 25.2. The monoisotopic (exact) mass is 503 g/mol. The average molecular weight is 505 g/mol. The van der Waals surface area contributed by atoms with Crippen LogP contribution in [0.25, 0.3) is 10.9 Å². The molecular formula is C27H35Cl2N3O2. The molecule has 0 bridgehead atoms. The summed E-state index contributed by atoms with van der Waals surface area (Å²) in [5.74, 6) is 2.66. The number of ether oxygens (including phenoxy) is 2. The van der Waals surface area contributed by atoms with E-state index < -0.39 is 0 Å². The van der Waals surface area contributed by atoms with Crippen LogP contribution in [0.5, 0.6) is 11.5 Å². The summed E-state index contributed by atoms with van der Waals surface area (Å²) in [6.07, 6.45) is 8.17. The summed E-state index contributed by atoms with van der Waals surface area (Å²) in [5.41, 5.74) is 5.61. The Balaban J connectivity index is 0.00000137. The number of aryl methyl sites for hydroxylation is 1. The van der Waals surface area contributed by atoms with Crippen molar-refractivity contribution in [2.24, 2.45) is 5.92 Å². The van der Waals surface area contributed by atoms with Gasteiger partial charge in [0, 0.05) is 43.3 Å². The van der Waals surface area contributed by atoms with Crippen molar-refractivity contribution in [3.8, 4) is 11.5 Å². The zero-order valence-electron chi connectivity index (χ0n) is 19.6. The third-order valence-electron chi connectivity index (χ3n) is 7.57. The number of hydrogen-bond acceptors (Lipinski definition) is 4. The number of benzene rings is 2. The van der Waals surface area contributed by atoms with E-state index in [1.54, 1.807) is 0 Å². The number of fused-ring (bicyclic) bond motifs is 3. The minimum Gasteiger partial charge on any atom is -0.454 e. The van der Waals surface area contributed by atoms with E-state index in [1.807, 2.05) is 0 Å². The summed E-state index contributed by atoms with van der Waals surface area (Å²) in [7, 11) is 0. The van der Waals surface area contributed by atoms with E-state index in [2.05, 4.69) is 57.4 Å². The van der Waals surface area contributed by atoms with E-state index in [1.165, 1.54) is 66.6 Å². The lowest BCUT2D eigenvalue weighted by Crippen LogP contribution is -2.33. The van der Waals surface area contributed by atoms with Gasteiger partial charge in [-0.2, -0.15) is 0 Å². The van der Waals surface area contributed by atoms with Crippen LogP contribution in [-0.4, -0.2) is 60.8 Å². The number of aromatic amines is 1. The number of rotatable bonds is 6. The lowest BCUT2D eigenvalue weighted by molar-refractivity contribution is 0.174. The molecule has 0 radical (unpaired) electrons. The SMILES string of the molecule is Cl.Cl.c1ccc2c(CCCN3CCC(CN4CCc5cc6c(cc5CC4)OCO6)C3)c[nH]c2c1. The predicted molar refractivity (Wildman–Crippen MR) is 142 cm³/mol. The molecule has 0 amide bonds. The van der Waals surface area contributed by atoms with Gasteiger partial charge < -0.3 is 24.3 Å². The van der Waals surface area contributed by atoms with Gasteiger partial charge >= 0.3 is 0 Å². The molecule has 0 spiro atoms. The van der Waals surface area contributed by atoms with Crippen LogP contribution >= 0.6 is 24.8 Å². The first-order valence-corrected chi connectivity index (χ1v) is 12.2. The van der Waals surface area contributed by atoms with Gasteiger partial charge in [0.2, 0.25) is 6.79 Å². The smallest absolute Gasteiger partial charge is 0.231 e. The van der Waals surface area contributed by atoms with E-state index in [-0.39, 0.29) is 24.8 Å². The Bertz CT molecular complexity index is 1070. The van der Waals surface area contributed by atoms with Crippen molar-refractivity contribution in [1.29, 1.82) is 0 Å². The third-order valence-corrected chi connectivity index (χ3v) is 7.57. The second-order valence-corrected chi connectivity index (χ2v) is 9.69. The van der Waals surface area contributed by atoms with Gasteiger partial charge in [-0.1, -0.05) is 18.2 Å². The number of aromatic nitrogens is 1. The molecular weight excluding hydrogens is 469 g/mol. The Hall–Kier alpha value is -1.92. The minimum absolute atomic E-state index is 0. The molecule has 1 fully saturated rings. The first-order chi connectivity index (χ1) is 15.8. The Labute approximate surface area is 214 Å². The van der Waals surface area contributed by atoms with Gasteiger partial charge in [0.25, 0.3) is 0 Å². The van der Waals surface area contributed by atoms with Gasteiger partial charge in [-0.05, 0) is 86.0 Å². The molecule has 7 heteroatoms.